The van der Waals surface area contributed by atoms with Crippen LogP contribution in [0, 0.1) is 0 Å². The average molecular weight is 280 g/mol. The smallest absolute Gasteiger partial charge is 0.305 e. The summed E-state index contributed by atoms with van der Waals surface area (Å²) < 4.78 is 9.63. The van der Waals surface area contributed by atoms with E-state index in [0.29, 0.717) is 30.0 Å². The molecule has 6 nitrogen and oxygen atoms in total. The van der Waals surface area contributed by atoms with Crippen LogP contribution in [0.5, 0.6) is 5.75 Å². The van der Waals surface area contributed by atoms with Gasteiger partial charge in [-0.3, -0.25) is 9.59 Å². The number of amides is 1. The number of nitrogens with zero attached hydrogens (tertiary/aromatic N) is 1. The number of carbonyl (C=O) groups is 2. The summed E-state index contributed by atoms with van der Waals surface area (Å²) in [7, 11) is 4.54. The molecule has 2 N–H and O–H groups in total. The number of nitrogens with two attached hydrogens (primary N) is 1. The lowest BCUT2D eigenvalue weighted by atomic mass is 10.1. The molecule has 0 saturated heterocycles. The van der Waals surface area contributed by atoms with Crippen molar-refractivity contribution in [2.24, 2.45) is 0 Å². The third-order valence-corrected chi connectivity index (χ3v) is 2.86. The quantitative estimate of drug-likeness (QED) is 0.627. The highest BCUT2D eigenvalue weighted by molar-refractivity contribution is 5.95. The zero-order chi connectivity index (χ0) is 15.1. The Morgan fingerprint density at radius 2 is 1.95 bits per heavy atom. The topological polar surface area (TPSA) is 81.9 Å². The minimum Gasteiger partial charge on any atom is -0.497 e. The summed E-state index contributed by atoms with van der Waals surface area (Å²) in [5.74, 6) is 0.0910. The molecule has 1 amide bonds. The minimum atomic E-state index is -0.281. The Morgan fingerprint density at radius 1 is 1.25 bits per heavy atom. The number of hydrogen-bond donors (Lipinski definition) is 1. The summed E-state index contributed by atoms with van der Waals surface area (Å²) in [6.07, 6.45) is 0.836. The number of methoxy groups -OCH3 is 2. The third kappa shape index (κ3) is 4.46. The van der Waals surface area contributed by atoms with Crippen LogP contribution in [0.1, 0.15) is 23.2 Å². The van der Waals surface area contributed by atoms with Gasteiger partial charge in [0.15, 0.2) is 0 Å². The molecule has 0 saturated carbocycles. The Kier molecular flexibility index (Phi) is 5.83. The summed E-state index contributed by atoms with van der Waals surface area (Å²) in [6, 6.07) is 4.88. The molecule has 6 heteroatoms. The zero-order valence-corrected chi connectivity index (χ0v) is 12.0. The highest BCUT2D eigenvalue weighted by Gasteiger charge is 2.13. The molecule has 110 valence electrons. The van der Waals surface area contributed by atoms with E-state index in [-0.39, 0.29) is 18.3 Å². The lowest BCUT2D eigenvalue weighted by molar-refractivity contribution is -0.140. The first-order chi connectivity index (χ1) is 9.47. The van der Waals surface area contributed by atoms with Gasteiger partial charge in [0.05, 0.1) is 14.2 Å². The summed E-state index contributed by atoms with van der Waals surface area (Å²) in [4.78, 5) is 24.8. The maximum Gasteiger partial charge on any atom is 0.305 e. The minimum absolute atomic E-state index is 0.166. The normalized spacial score (nSPS) is 9.95. The molecule has 0 atom stereocenters. The zero-order valence-electron chi connectivity index (χ0n) is 12.0. The third-order valence-electron chi connectivity index (χ3n) is 2.86. The summed E-state index contributed by atoms with van der Waals surface area (Å²) in [5.41, 5.74) is 6.65. The van der Waals surface area contributed by atoms with Gasteiger partial charge in [-0.2, -0.15) is 0 Å². The number of rotatable bonds is 6. The Hall–Kier alpha value is -2.24. The largest absolute Gasteiger partial charge is 0.497 e. The van der Waals surface area contributed by atoms with E-state index in [1.165, 1.54) is 19.1 Å². The maximum atomic E-state index is 12.2. The van der Waals surface area contributed by atoms with E-state index >= 15 is 0 Å². The fourth-order valence-electron chi connectivity index (χ4n) is 1.75. The van der Waals surface area contributed by atoms with Crippen LogP contribution in [0.3, 0.4) is 0 Å². The molecule has 20 heavy (non-hydrogen) atoms. The predicted octanol–water partition coefficient (Wildman–Crippen LogP) is 1.30. The maximum absolute atomic E-state index is 12.2. The van der Waals surface area contributed by atoms with E-state index in [9.17, 15) is 9.59 Å². The first-order valence-corrected chi connectivity index (χ1v) is 6.24. The van der Waals surface area contributed by atoms with E-state index in [0.717, 1.165) is 0 Å². The SMILES string of the molecule is COC(=O)CCCN(C)C(=O)c1cc(N)cc(OC)c1. The van der Waals surface area contributed by atoms with Gasteiger partial charge in [0.1, 0.15) is 5.75 Å². The number of anilines is 1. The number of ether oxygens (including phenoxy) is 2. The van der Waals surface area contributed by atoms with Gasteiger partial charge in [-0.15, -0.1) is 0 Å². The van der Waals surface area contributed by atoms with Crippen molar-refractivity contribution in [3.05, 3.63) is 23.8 Å². The first kappa shape index (κ1) is 15.8. The monoisotopic (exact) mass is 280 g/mol. The van der Waals surface area contributed by atoms with Crippen LogP contribution in [-0.4, -0.2) is 44.6 Å². The van der Waals surface area contributed by atoms with Gasteiger partial charge < -0.3 is 20.1 Å². The molecule has 0 unspecified atom stereocenters. The lowest BCUT2D eigenvalue weighted by Crippen LogP contribution is -2.28. The second-order valence-electron chi connectivity index (χ2n) is 4.40. The molecular weight excluding hydrogens is 260 g/mol. The number of hydrogen-bond acceptors (Lipinski definition) is 5. The molecule has 1 rings (SSSR count). The van der Waals surface area contributed by atoms with Crippen molar-refractivity contribution >= 4 is 17.6 Å². The van der Waals surface area contributed by atoms with E-state index < -0.39 is 0 Å². The van der Waals surface area contributed by atoms with Gasteiger partial charge >= 0.3 is 5.97 Å². The Morgan fingerprint density at radius 3 is 2.55 bits per heavy atom. The number of nitrogen functional groups attached to an aromatic ring is 1. The van der Waals surface area contributed by atoms with Gasteiger partial charge in [0.2, 0.25) is 0 Å². The van der Waals surface area contributed by atoms with Crippen molar-refractivity contribution in [1.29, 1.82) is 0 Å². The van der Waals surface area contributed by atoms with Crippen molar-refractivity contribution in [1.82, 2.24) is 4.90 Å². The fraction of sp³-hybridized carbons (Fsp3) is 0.429. The van der Waals surface area contributed by atoms with E-state index in [1.54, 1.807) is 25.2 Å². The first-order valence-electron chi connectivity index (χ1n) is 6.24. The average Bonchev–Trinajstić information content (AvgIpc) is 2.45. The standard InChI is InChI=1S/C14H20N2O4/c1-16(6-4-5-13(17)20-3)14(18)10-7-11(15)9-12(8-10)19-2/h7-9H,4-6,15H2,1-3H3. The Bertz CT molecular complexity index is 488. The summed E-state index contributed by atoms with van der Waals surface area (Å²) in [5, 5.41) is 0. The predicted molar refractivity (Wildman–Crippen MR) is 75.6 cm³/mol. The van der Waals surface area contributed by atoms with Crippen LogP contribution >= 0.6 is 0 Å². The molecule has 0 spiro atoms. The van der Waals surface area contributed by atoms with Crippen molar-refractivity contribution in [3.8, 4) is 5.75 Å². The lowest BCUT2D eigenvalue weighted by Gasteiger charge is -2.17. The Labute approximate surface area is 118 Å². The van der Waals surface area contributed by atoms with Crippen molar-refractivity contribution in [2.45, 2.75) is 12.8 Å². The van der Waals surface area contributed by atoms with Crippen LogP contribution in [0.2, 0.25) is 0 Å². The van der Waals surface area contributed by atoms with Crippen LogP contribution in [0.15, 0.2) is 18.2 Å². The van der Waals surface area contributed by atoms with Crippen LogP contribution < -0.4 is 10.5 Å². The van der Waals surface area contributed by atoms with Crippen molar-refractivity contribution < 1.29 is 19.1 Å². The highest BCUT2D eigenvalue weighted by atomic mass is 16.5. The van der Waals surface area contributed by atoms with Crippen molar-refractivity contribution in [2.75, 3.05) is 33.5 Å². The second-order valence-corrected chi connectivity index (χ2v) is 4.40. The molecular formula is C14H20N2O4. The molecule has 0 bridgehead atoms. The summed E-state index contributed by atoms with van der Waals surface area (Å²) >= 11 is 0. The second kappa shape index (κ2) is 7.37. The molecule has 0 aliphatic carbocycles. The molecule has 0 aliphatic rings. The van der Waals surface area contributed by atoms with Crippen LogP contribution in [-0.2, 0) is 9.53 Å². The van der Waals surface area contributed by atoms with E-state index in [1.807, 2.05) is 0 Å². The molecule has 0 aromatic heterocycles. The van der Waals surface area contributed by atoms with Gasteiger partial charge in [-0.1, -0.05) is 0 Å². The number of benzene rings is 1. The summed E-state index contributed by atoms with van der Waals surface area (Å²) in [6.45, 7) is 0.463. The van der Waals surface area contributed by atoms with E-state index in [4.69, 9.17) is 10.5 Å². The van der Waals surface area contributed by atoms with Gasteiger partial charge in [-0.05, 0) is 18.6 Å². The van der Waals surface area contributed by atoms with Gasteiger partial charge in [0, 0.05) is 37.3 Å². The number of esters is 1. The molecule has 1 aromatic rings. The fourth-order valence-corrected chi connectivity index (χ4v) is 1.75. The molecule has 0 heterocycles. The van der Waals surface area contributed by atoms with Crippen molar-refractivity contribution in [3.63, 3.8) is 0 Å². The molecule has 1 aromatic carbocycles. The molecule has 0 fully saturated rings. The van der Waals surface area contributed by atoms with Gasteiger partial charge in [-0.25, -0.2) is 0 Å². The van der Waals surface area contributed by atoms with Gasteiger partial charge in [0.25, 0.3) is 5.91 Å². The number of carbonyl (C=O) groups excluding carboxylic acids is 2. The highest BCUT2D eigenvalue weighted by Crippen LogP contribution is 2.19. The van der Waals surface area contributed by atoms with Crippen LogP contribution in [0.4, 0.5) is 5.69 Å². The van der Waals surface area contributed by atoms with Crippen LogP contribution in [0.25, 0.3) is 0 Å². The van der Waals surface area contributed by atoms with E-state index in [2.05, 4.69) is 4.74 Å². The molecule has 0 aliphatic heterocycles. The Balaban J connectivity index is 2.64. The molecule has 0 radical (unpaired) electrons.